The van der Waals surface area contributed by atoms with Crippen LogP contribution >= 0.6 is 0 Å². The summed E-state index contributed by atoms with van der Waals surface area (Å²) in [6.07, 6.45) is 10.2. The Balaban J connectivity index is 1.47. The highest BCUT2D eigenvalue weighted by molar-refractivity contribution is 6.46. The largest absolute Gasteiger partial charge is 0.345 e. The number of nitrogens with zero attached hydrogens (tertiary/aromatic N) is 7. The Morgan fingerprint density at radius 1 is 1.14 bits per heavy atom. The number of benzene rings is 1. The van der Waals surface area contributed by atoms with Gasteiger partial charge in [-0.1, -0.05) is 52.0 Å². The SMILES string of the molecule is CC(C)C1CCC2(CC1)N=C(c1cnccn1)C(=O)N2C(CCC(C)(C)C)c1ccc(C(=O)NCc2nn[nH]n2)cc1. The van der Waals surface area contributed by atoms with Crippen molar-refractivity contribution in [3.05, 3.63) is 65.5 Å². The van der Waals surface area contributed by atoms with Gasteiger partial charge < -0.3 is 10.2 Å². The lowest BCUT2D eigenvalue weighted by Crippen LogP contribution is -2.51. The Morgan fingerprint density at radius 3 is 2.48 bits per heavy atom. The van der Waals surface area contributed by atoms with Crippen LogP contribution in [0.4, 0.5) is 0 Å². The normalized spacial score (nSPS) is 21.6. The number of nitrogens with one attached hydrogen (secondary N) is 2. The van der Waals surface area contributed by atoms with Gasteiger partial charge in [0.1, 0.15) is 11.4 Å². The van der Waals surface area contributed by atoms with Crippen molar-refractivity contribution in [2.75, 3.05) is 0 Å². The average molecular weight is 572 g/mol. The van der Waals surface area contributed by atoms with Crippen LogP contribution in [-0.2, 0) is 11.3 Å². The fraction of sp³-hybridized carbons (Fsp3) is 0.548. The van der Waals surface area contributed by atoms with E-state index in [0.717, 1.165) is 44.1 Å². The predicted octanol–water partition coefficient (Wildman–Crippen LogP) is 4.66. The Hall–Kier alpha value is -4.02. The van der Waals surface area contributed by atoms with Crippen LogP contribution in [0, 0.1) is 17.3 Å². The second-order valence-electron chi connectivity index (χ2n) is 13.0. The quantitative estimate of drug-likeness (QED) is 0.380. The minimum Gasteiger partial charge on any atom is -0.345 e. The number of carbonyl (C=O) groups excluding carboxylic acids is 2. The van der Waals surface area contributed by atoms with Crippen LogP contribution in [0.15, 0.2) is 47.8 Å². The van der Waals surface area contributed by atoms with Gasteiger partial charge in [0.2, 0.25) is 0 Å². The van der Waals surface area contributed by atoms with Gasteiger partial charge in [0.25, 0.3) is 11.8 Å². The lowest BCUT2D eigenvalue weighted by Gasteiger charge is -2.46. The summed E-state index contributed by atoms with van der Waals surface area (Å²) >= 11 is 0. The molecule has 222 valence electrons. The molecular weight excluding hydrogens is 530 g/mol. The summed E-state index contributed by atoms with van der Waals surface area (Å²) in [5.74, 6) is 1.28. The van der Waals surface area contributed by atoms with E-state index in [1.165, 1.54) is 0 Å². The fourth-order valence-corrected chi connectivity index (χ4v) is 6.14. The monoisotopic (exact) mass is 571 g/mol. The number of hydrogen-bond acceptors (Lipinski definition) is 8. The van der Waals surface area contributed by atoms with Crippen molar-refractivity contribution in [3.63, 3.8) is 0 Å². The van der Waals surface area contributed by atoms with Crippen molar-refractivity contribution in [2.45, 2.75) is 91.4 Å². The van der Waals surface area contributed by atoms with E-state index < -0.39 is 5.66 Å². The lowest BCUT2D eigenvalue weighted by atomic mass is 9.75. The Labute approximate surface area is 247 Å². The van der Waals surface area contributed by atoms with Crippen molar-refractivity contribution >= 4 is 17.5 Å². The molecule has 0 radical (unpaired) electrons. The van der Waals surface area contributed by atoms with Crippen LogP contribution in [-0.4, -0.2) is 58.7 Å². The van der Waals surface area contributed by atoms with Gasteiger partial charge in [0.15, 0.2) is 11.5 Å². The molecule has 3 aromatic rings. The standard InChI is InChI=1S/C31H41N9O2/c1-20(2)21-10-14-31(15-11-21)35-27(24-18-32-16-17-33-24)29(42)40(31)25(12-13-30(3,4)5)22-6-8-23(9-7-22)28(41)34-19-26-36-38-39-37-26/h6-9,16-18,20-21,25H,10-15,19H2,1-5H3,(H,34,41)(H,36,37,38,39). The Morgan fingerprint density at radius 2 is 1.88 bits per heavy atom. The summed E-state index contributed by atoms with van der Waals surface area (Å²) in [5, 5.41) is 16.5. The first-order valence-electron chi connectivity index (χ1n) is 14.9. The Bertz CT molecular complexity index is 1390. The van der Waals surface area contributed by atoms with E-state index in [0.29, 0.717) is 34.6 Å². The number of amides is 2. The molecule has 2 aromatic heterocycles. The van der Waals surface area contributed by atoms with Crippen LogP contribution in [0.5, 0.6) is 0 Å². The molecule has 1 unspecified atom stereocenters. The van der Waals surface area contributed by atoms with Crippen molar-refractivity contribution in [1.29, 1.82) is 0 Å². The predicted molar refractivity (Wildman–Crippen MR) is 158 cm³/mol. The molecule has 1 aliphatic heterocycles. The Kier molecular flexibility index (Phi) is 8.47. The lowest BCUT2D eigenvalue weighted by molar-refractivity contribution is -0.133. The number of H-pyrrole nitrogens is 1. The highest BCUT2D eigenvalue weighted by Crippen LogP contribution is 2.48. The summed E-state index contributed by atoms with van der Waals surface area (Å²) < 4.78 is 0. The summed E-state index contributed by atoms with van der Waals surface area (Å²) in [7, 11) is 0. The van der Waals surface area contributed by atoms with Crippen LogP contribution in [0.25, 0.3) is 0 Å². The zero-order valence-corrected chi connectivity index (χ0v) is 25.2. The number of rotatable bonds is 9. The van der Waals surface area contributed by atoms with Gasteiger partial charge in [-0.05, 0) is 73.5 Å². The molecule has 2 aliphatic rings. The molecule has 1 aliphatic carbocycles. The van der Waals surface area contributed by atoms with Gasteiger partial charge in [0.05, 0.1) is 18.8 Å². The zero-order valence-electron chi connectivity index (χ0n) is 25.2. The molecule has 1 saturated carbocycles. The first-order valence-corrected chi connectivity index (χ1v) is 14.9. The van der Waals surface area contributed by atoms with Gasteiger partial charge in [-0.3, -0.25) is 19.6 Å². The summed E-state index contributed by atoms with van der Waals surface area (Å²) in [6.45, 7) is 11.4. The number of hydrogen-bond donors (Lipinski definition) is 2. The highest BCUT2D eigenvalue weighted by Gasteiger charge is 2.52. The third kappa shape index (κ3) is 6.39. The van der Waals surface area contributed by atoms with E-state index in [1.807, 2.05) is 29.2 Å². The maximum absolute atomic E-state index is 14.4. The van der Waals surface area contributed by atoms with E-state index in [-0.39, 0.29) is 29.8 Å². The maximum atomic E-state index is 14.4. The fourth-order valence-electron chi connectivity index (χ4n) is 6.14. The second kappa shape index (κ2) is 12.1. The first-order chi connectivity index (χ1) is 20.1. The van der Waals surface area contributed by atoms with Crippen molar-refractivity contribution in [2.24, 2.45) is 22.2 Å². The van der Waals surface area contributed by atoms with Gasteiger partial charge >= 0.3 is 0 Å². The molecule has 2 N–H and O–H groups in total. The molecule has 2 amide bonds. The molecule has 0 bridgehead atoms. The number of aliphatic imine (C=N–C) groups is 1. The van der Waals surface area contributed by atoms with Crippen molar-refractivity contribution in [1.82, 2.24) is 40.8 Å². The van der Waals surface area contributed by atoms with Crippen LogP contribution in [0.2, 0.25) is 0 Å². The van der Waals surface area contributed by atoms with Crippen LogP contribution in [0.3, 0.4) is 0 Å². The van der Waals surface area contributed by atoms with Gasteiger partial charge in [-0.15, -0.1) is 10.2 Å². The summed E-state index contributed by atoms with van der Waals surface area (Å²) in [4.78, 5) is 43.1. The van der Waals surface area contributed by atoms with E-state index in [9.17, 15) is 9.59 Å². The van der Waals surface area contributed by atoms with E-state index >= 15 is 0 Å². The molecule has 3 heterocycles. The molecule has 1 aromatic carbocycles. The second-order valence-corrected chi connectivity index (χ2v) is 13.0. The first kappa shape index (κ1) is 29.5. The molecule has 5 rings (SSSR count). The molecule has 11 nitrogen and oxygen atoms in total. The van der Waals surface area contributed by atoms with Crippen LogP contribution < -0.4 is 5.32 Å². The molecular formula is C31H41N9O2. The smallest absolute Gasteiger partial charge is 0.276 e. The van der Waals surface area contributed by atoms with Gasteiger partial charge in [-0.2, -0.15) is 5.21 Å². The third-order valence-corrected chi connectivity index (χ3v) is 8.60. The minimum absolute atomic E-state index is 0.0765. The highest BCUT2D eigenvalue weighted by atomic mass is 16.2. The number of tetrazole rings is 1. The van der Waals surface area contributed by atoms with E-state index in [2.05, 4.69) is 70.5 Å². The van der Waals surface area contributed by atoms with E-state index in [4.69, 9.17) is 4.99 Å². The third-order valence-electron chi connectivity index (χ3n) is 8.60. The number of aromatic amines is 1. The average Bonchev–Trinajstić information content (AvgIpc) is 3.59. The van der Waals surface area contributed by atoms with Gasteiger partial charge in [0, 0.05) is 18.0 Å². The van der Waals surface area contributed by atoms with Crippen molar-refractivity contribution < 1.29 is 9.59 Å². The van der Waals surface area contributed by atoms with Gasteiger partial charge in [-0.25, -0.2) is 4.99 Å². The molecule has 0 saturated heterocycles. The molecule has 1 spiro atoms. The van der Waals surface area contributed by atoms with E-state index in [1.54, 1.807) is 18.6 Å². The van der Waals surface area contributed by atoms with Crippen LogP contribution in [0.1, 0.15) is 107 Å². The summed E-state index contributed by atoms with van der Waals surface area (Å²) in [6, 6.07) is 7.37. The number of aromatic nitrogens is 6. The molecule has 42 heavy (non-hydrogen) atoms. The molecule has 11 heteroatoms. The maximum Gasteiger partial charge on any atom is 0.276 e. The molecule has 1 fully saturated rings. The number of carbonyl (C=O) groups is 2. The minimum atomic E-state index is -0.626. The topological polar surface area (TPSA) is 142 Å². The zero-order chi connectivity index (χ0) is 29.9. The summed E-state index contributed by atoms with van der Waals surface area (Å²) in [5.41, 5.74) is 1.87. The molecule has 1 atom stereocenters. The van der Waals surface area contributed by atoms with Crippen molar-refractivity contribution in [3.8, 4) is 0 Å².